The predicted octanol–water partition coefficient (Wildman–Crippen LogP) is 0.573. The van der Waals surface area contributed by atoms with Crippen molar-refractivity contribution in [3.8, 4) is 0 Å². The van der Waals surface area contributed by atoms with Crippen LogP contribution < -0.4 is 0 Å². The van der Waals surface area contributed by atoms with E-state index in [9.17, 15) is 4.79 Å². The SMILES string of the molecule is Cc1cc(C(=O)N2CCCC(CO)C2)nn1C. The Kier molecular flexibility index (Phi) is 3.47. The van der Waals surface area contributed by atoms with Gasteiger partial charge in [-0.3, -0.25) is 9.48 Å². The number of piperidine rings is 1. The molecule has 94 valence electrons. The molecule has 0 aliphatic carbocycles. The van der Waals surface area contributed by atoms with Crippen molar-refractivity contribution in [1.82, 2.24) is 14.7 Å². The fraction of sp³-hybridized carbons (Fsp3) is 0.667. The van der Waals surface area contributed by atoms with E-state index < -0.39 is 0 Å². The van der Waals surface area contributed by atoms with Gasteiger partial charge in [0.15, 0.2) is 5.69 Å². The largest absolute Gasteiger partial charge is 0.396 e. The zero-order valence-electron chi connectivity index (χ0n) is 10.4. The molecule has 0 spiro atoms. The summed E-state index contributed by atoms with van der Waals surface area (Å²) in [6.07, 6.45) is 1.96. The Labute approximate surface area is 101 Å². The number of likely N-dealkylation sites (tertiary alicyclic amines) is 1. The van der Waals surface area contributed by atoms with Gasteiger partial charge in [-0.2, -0.15) is 5.10 Å². The Balaban J connectivity index is 2.09. The number of aliphatic hydroxyl groups excluding tert-OH is 1. The van der Waals surface area contributed by atoms with Crippen molar-refractivity contribution in [2.75, 3.05) is 19.7 Å². The summed E-state index contributed by atoms with van der Waals surface area (Å²) < 4.78 is 1.71. The topological polar surface area (TPSA) is 58.4 Å². The van der Waals surface area contributed by atoms with E-state index in [-0.39, 0.29) is 18.4 Å². The highest BCUT2D eigenvalue weighted by molar-refractivity contribution is 5.92. The maximum Gasteiger partial charge on any atom is 0.274 e. The quantitative estimate of drug-likeness (QED) is 0.818. The van der Waals surface area contributed by atoms with E-state index in [1.165, 1.54) is 0 Å². The third-order valence-electron chi connectivity index (χ3n) is 3.40. The van der Waals surface area contributed by atoms with Crippen LogP contribution in [0.25, 0.3) is 0 Å². The third-order valence-corrected chi connectivity index (χ3v) is 3.40. The molecular weight excluding hydrogens is 218 g/mol. The molecule has 1 aromatic heterocycles. The maximum absolute atomic E-state index is 12.2. The van der Waals surface area contributed by atoms with E-state index in [1.807, 2.05) is 20.0 Å². The monoisotopic (exact) mass is 237 g/mol. The van der Waals surface area contributed by atoms with Crippen molar-refractivity contribution < 1.29 is 9.90 Å². The fourth-order valence-electron chi connectivity index (χ4n) is 2.23. The Bertz CT molecular complexity index is 394. The molecule has 1 N–H and O–H groups in total. The molecule has 1 atom stereocenters. The van der Waals surface area contributed by atoms with E-state index in [0.717, 1.165) is 25.1 Å². The molecule has 0 bridgehead atoms. The Morgan fingerprint density at radius 3 is 3.00 bits per heavy atom. The molecule has 5 heteroatoms. The Hall–Kier alpha value is -1.36. The third kappa shape index (κ3) is 2.49. The number of aromatic nitrogens is 2. The van der Waals surface area contributed by atoms with Gasteiger partial charge in [0, 0.05) is 32.4 Å². The zero-order valence-corrected chi connectivity index (χ0v) is 10.4. The van der Waals surface area contributed by atoms with E-state index in [1.54, 1.807) is 9.58 Å². The number of rotatable bonds is 2. The summed E-state index contributed by atoms with van der Waals surface area (Å²) in [7, 11) is 1.83. The molecule has 2 heterocycles. The van der Waals surface area contributed by atoms with Gasteiger partial charge in [0.2, 0.25) is 0 Å². The van der Waals surface area contributed by atoms with Crippen LogP contribution in [-0.4, -0.2) is 45.4 Å². The van der Waals surface area contributed by atoms with E-state index in [4.69, 9.17) is 5.11 Å². The summed E-state index contributed by atoms with van der Waals surface area (Å²) in [5.41, 5.74) is 1.48. The highest BCUT2D eigenvalue weighted by Crippen LogP contribution is 2.17. The van der Waals surface area contributed by atoms with Crippen molar-refractivity contribution in [2.24, 2.45) is 13.0 Å². The van der Waals surface area contributed by atoms with Crippen molar-refractivity contribution in [3.05, 3.63) is 17.5 Å². The molecule has 17 heavy (non-hydrogen) atoms. The van der Waals surface area contributed by atoms with Gasteiger partial charge in [-0.25, -0.2) is 0 Å². The van der Waals surface area contributed by atoms with Gasteiger partial charge in [0.25, 0.3) is 5.91 Å². The summed E-state index contributed by atoms with van der Waals surface area (Å²) in [5, 5.41) is 13.4. The average molecular weight is 237 g/mol. The second-order valence-electron chi connectivity index (χ2n) is 4.74. The lowest BCUT2D eigenvalue weighted by molar-refractivity contribution is 0.0614. The van der Waals surface area contributed by atoms with Crippen LogP contribution in [0.4, 0.5) is 0 Å². The van der Waals surface area contributed by atoms with Crippen LogP contribution in [0.1, 0.15) is 29.0 Å². The van der Waals surface area contributed by atoms with Gasteiger partial charge in [-0.05, 0) is 31.7 Å². The van der Waals surface area contributed by atoms with Crippen LogP contribution in [0.2, 0.25) is 0 Å². The molecule has 1 unspecified atom stereocenters. The summed E-state index contributed by atoms with van der Waals surface area (Å²) in [4.78, 5) is 14.0. The van der Waals surface area contributed by atoms with Gasteiger partial charge in [0.05, 0.1) is 0 Å². The van der Waals surface area contributed by atoms with Crippen molar-refractivity contribution >= 4 is 5.91 Å². The van der Waals surface area contributed by atoms with Crippen LogP contribution in [0.15, 0.2) is 6.07 Å². The van der Waals surface area contributed by atoms with Gasteiger partial charge < -0.3 is 10.0 Å². The molecule has 1 aromatic rings. The molecule has 0 saturated carbocycles. The highest BCUT2D eigenvalue weighted by Gasteiger charge is 2.25. The number of amides is 1. The van der Waals surface area contributed by atoms with Crippen molar-refractivity contribution in [2.45, 2.75) is 19.8 Å². The first-order chi connectivity index (χ1) is 8.11. The summed E-state index contributed by atoms with van der Waals surface area (Å²) in [6, 6.07) is 1.81. The van der Waals surface area contributed by atoms with Crippen LogP contribution >= 0.6 is 0 Å². The fourth-order valence-corrected chi connectivity index (χ4v) is 2.23. The van der Waals surface area contributed by atoms with Gasteiger partial charge in [-0.1, -0.05) is 0 Å². The number of nitrogens with zero attached hydrogens (tertiary/aromatic N) is 3. The van der Waals surface area contributed by atoms with Crippen LogP contribution in [-0.2, 0) is 7.05 Å². The van der Waals surface area contributed by atoms with Crippen LogP contribution in [0, 0.1) is 12.8 Å². The first-order valence-corrected chi connectivity index (χ1v) is 6.02. The molecule has 1 aliphatic rings. The minimum absolute atomic E-state index is 0.0214. The normalized spacial score (nSPS) is 20.6. The molecule has 1 aliphatic heterocycles. The predicted molar refractivity (Wildman–Crippen MR) is 63.7 cm³/mol. The number of carbonyl (C=O) groups is 1. The Morgan fingerprint density at radius 2 is 2.41 bits per heavy atom. The van der Waals surface area contributed by atoms with Gasteiger partial charge >= 0.3 is 0 Å². The number of hydrogen-bond donors (Lipinski definition) is 1. The van der Waals surface area contributed by atoms with Crippen molar-refractivity contribution in [3.63, 3.8) is 0 Å². The molecular formula is C12H19N3O2. The number of carbonyl (C=O) groups excluding carboxylic acids is 1. The minimum Gasteiger partial charge on any atom is -0.396 e. The molecule has 0 aromatic carbocycles. The van der Waals surface area contributed by atoms with E-state index >= 15 is 0 Å². The number of aliphatic hydroxyl groups is 1. The lowest BCUT2D eigenvalue weighted by atomic mass is 9.99. The lowest BCUT2D eigenvalue weighted by Crippen LogP contribution is -2.41. The van der Waals surface area contributed by atoms with E-state index in [2.05, 4.69) is 5.10 Å². The minimum atomic E-state index is -0.0214. The summed E-state index contributed by atoms with van der Waals surface area (Å²) >= 11 is 0. The zero-order chi connectivity index (χ0) is 12.4. The first kappa shape index (κ1) is 12.1. The Morgan fingerprint density at radius 1 is 1.65 bits per heavy atom. The molecule has 0 radical (unpaired) electrons. The number of hydrogen-bond acceptors (Lipinski definition) is 3. The molecule has 1 saturated heterocycles. The smallest absolute Gasteiger partial charge is 0.274 e. The first-order valence-electron chi connectivity index (χ1n) is 6.02. The van der Waals surface area contributed by atoms with Crippen molar-refractivity contribution in [1.29, 1.82) is 0 Å². The van der Waals surface area contributed by atoms with Gasteiger partial charge in [0.1, 0.15) is 0 Å². The summed E-state index contributed by atoms with van der Waals surface area (Å²) in [5.74, 6) is 0.198. The summed E-state index contributed by atoms with van der Waals surface area (Å²) in [6.45, 7) is 3.50. The van der Waals surface area contributed by atoms with Crippen LogP contribution in [0.5, 0.6) is 0 Å². The molecule has 2 rings (SSSR count). The average Bonchev–Trinajstić information content (AvgIpc) is 2.69. The maximum atomic E-state index is 12.2. The molecule has 5 nitrogen and oxygen atoms in total. The molecule has 1 fully saturated rings. The number of aryl methyl sites for hydroxylation is 2. The second-order valence-corrected chi connectivity index (χ2v) is 4.74. The highest BCUT2D eigenvalue weighted by atomic mass is 16.3. The molecule has 1 amide bonds. The lowest BCUT2D eigenvalue weighted by Gasteiger charge is -2.31. The standard InChI is InChI=1S/C12H19N3O2/c1-9-6-11(13-14(9)2)12(17)15-5-3-4-10(7-15)8-16/h6,10,16H,3-5,7-8H2,1-2H3. The van der Waals surface area contributed by atoms with Gasteiger partial charge in [-0.15, -0.1) is 0 Å². The van der Waals surface area contributed by atoms with Crippen LogP contribution in [0.3, 0.4) is 0 Å². The van der Waals surface area contributed by atoms with E-state index in [0.29, 0.717) is 12.2 Å². The second kappa shape index (κ2) is 4.87.